The summed E-state index contributed by atoms with van der Waals surface area (Å²) < 4.78 is 7.79. The van der Waals surface area contributed by atoms with Crippen molar-refractivity contribution in [3.05, 3.63) is 42.2 Å². The van der Waals surface area contributed by atoms with Crippen LogP contribution in [0, 0.1) is 0 Å². The van der Waals surface area contributed by atoms with Gasteiger partial charge in [-0.3, -0.25) is 4.68 Å². The summed E-state index contributed by atoms with van der Waals surface area (Å²) in [4.78, 5) is 6.90. The molecule has 0 saturated carbocycles. The minimum absolute atomic E-state index is 0.269. The van der Waals surface area contributed by atoms with Crippen LogP contribution in [0.3, 0.4) is 0 Å². The van der Waals surface area contributed by atoms with E-state index in [1.165, 1.54) is 5.56 Å². The molecular weight excluding hydrogens is 284 g/mol. The van der Waals surface area contributed by atoms with Crippen LogP contribution in [0.4, 0.5) is 6.01 Å². The summed E-state index contributed by atoms with van der Waals surface area (Å²) in [6, 6.07) is 8.89. The highest BCUT2D eigenvalue weighted by Gasteiger charge is 2.28. The first-order valence-corrected chi connectivity index (χ1v) is 8.15. The summed E-state index contributed by atoms with van der Waals surface area (Å²) in [7, 11) is 1.95. The molecule has 0 radical (unpaired) electrons. The van der Waals surface area contributed by atoms with E-state index in [2.05, 4.69) is 21.2 Å². The third kappa shape index (κ3) is 2.29. The zero-order valence-corrected chi connectivity index (χ0v) is 12.6. The first-order chi connectivity index (χ1) is 10.3. The van der Waals surface area contributed by atoms with Crippen molar-refractivity contribution in [2.45, 2.75) is 6.04 Å². The molecule has 1 atom stereocenters. The fraction of sp³-hybridized carbons (Fsp3) is 0.333. The van der Waals surface area contributed by atoms with Gasteiger partial charge in [0.25, 0.3) is 6.01 Å². The number of nitrogens with zero attached hydrogens (tertiary/aromatic N) is 4. The number of oxazole rings is 1. The number of aromatic nitrogens is 3. The first kappa shape index (κ1) is 12.8. The molecule has 0 bridgehead atoms. The van der Waals surface area contributed by atoms with E-state index in [9.17, 15) is 0 Å². The Kier molecular flexibility index (Phi) is 3.11. The van der Waals surface area contributed by atoms with Gasteiger partial charge in [0.1, 0.15) is 5.52 Å². The maximum Gasteiger partial charge on any atom is 0.298 e. The molecule has 4 rings (SSSR count). The molecule has 2 aromatic heterocycles. The number of anilines is 1. The van der Waals surface area contributed by atoms with Gasteiger partial charge < -0.3 is 9.32 Å². The van der Waals surface area contributed by atoms with Gasteiger partial charge >= 0.3 is 0 Å². The van der Waals surface area contributed by atoms with Crippen LogP contribution in [0.15, 0.2) is 41.1 Å². The molecule has 0 aliphatic carbocycles. The van der Waals surface area contributed by atoms with Crippen molar-refractivity contribution >= 4 is 28.9 Å². The lowest BCUT2D eigenvalue weighted by molar-refractivity contribution is 0.538. The molecule has 1 aromatic carbocycles. The van der Waals surface area contributed by atoms with E-state index >= 15 is 0 Å². The zero-order valence-electron chi connectivity index (χ0n) is 11.8. The number of hydrogen-bond donors (Lipinski definition) is 0. The number of thioether (sulfide) groups is 1. The van der Waals surface area contributed by atoms with Crippen LogP contribution < -0.4 is 4.90 Å². The molecule has 3 heterocycles. The van der Waals surface area contributed by atoms with Gasteiger partial charge in [-0.2, -0.15) is 21.8 Å². The molecule has 6 heteroatoms. The van der Waals surface area contributed by atoms with Crippen LogP contribution in [0.5, 0.6) is 0 Å². The summed E-state index contributed by atoms with van der Waals surface area (Å²) in [5, 5.41) is 4.29. The molecule has 1 aliphatic rings. The Labute approximate surface area is 126 Å². The molecule has 0 amide bonds. The highest BCUT2D eigenvalue weighted by Crippen LogP contribution is 2.34. The van der Waals surface area contributed by atoms with Gasteiger partial charge in [0, 0.05) is 36.9 Å². The number of hydrogen-bond acceptors (Lipinski definition) is 5. The van der Waals surface area contributed by atoms with Crippen molar-refractivity contribution < 1.29 is 4.42 Å². The van der Waals surface area contributed by atoms with E-state index < -0.39 is 0 Å². The van der Waals surface area contributed by atoms with Crippen LogP contribution >= 0.6 is 11.8 Å². The summed E-state index contributed by atoms with van der Waals surface area (Å²) in [5.74, 6) is 2.12. The quantitative estimate of drug-likeness (QED) is 0.728. The molecule has 3 aromatic rings. The fourth-order valence-corrected chi connectivity index (χ4v) is 3.79. The Bertz CT molecular complexity index is 733. The van der Waals surface area contributed by atoms with Crippen LogP contribution in [0.1, 0.15) is 11.6 Å². The second kappa shape index (κ2) is 5.11. The van der Waals surface area contributed by atoms with Gasteiger partial charge in [0.05, 0.1) is 12.2 Å². The van der Waals surface area contributed by atoms with Crippen LogP contribution in [-0.2, 0) is 7.05 Å². The Morgan fingerprint density at radius 3 is 3.05 bits per heavy atom. The molecule has 108 valence electrons. The first-order valence-electron chi connectivity index (χ1n) is 7.00. The van der Waals surface area contributed by atoms with Gasteiger partial charge in [-0.05, 0) is 12.1 Å². The second-order valence-corrected chi connectivity index (χ2v) is 6.35. The van der Waals surface area contributed by atoms with Crippen molar-refractivity contribution in [2.75, 3.05) is 23.0 Å². The van der Waals surface area contributed by atoms with Gasteiger partial charge in [0.15, 0.2) is 5.58 Å². The van der Waals surface area contributed by atoms with Gasteiger partial charge in [0.2, 0.25) is 0 Å². The van der Waals surface area contributed by atoms with Crippen molar-refractivity contribution in [2.24, 2.45) is 7.05 Å². The van der Waals surface area contributed by atoms with E-state index in [1.54, 1.807) is 0 Å². The van der Waals surface area contributed by atoms with E-state index in [1.807, 2.05) is 54.0 Å². The molecule has 1 saturated heterocycles. The third-order valence-corrected chi connectivity index (χ3v) is 4.79. The highest BCUT2D eigenvalue weighted by atomic mass is 32.2. The number of rotatable bonds is 2. The fourth-order valence-electron chi connectivity index (χ4n) is 2.70. The van der Waals surface area contributed by atoms with E-state index in [0.717, 1.165) is 29.2 Å². The normalized spacial score (nSPS) is 19.3. The van der Waals surface area contributed by atoms with Crippen LogP contribution in [0.2, 0.25) is 0 Å². The lowest BCUT2D eigenvalue weighted by atomic mass is 10.1. The van der Waals surface area contributed by atoms with Gasteiger partial charge in [-0.25, -0.2) is 0 Å². The second-order valence-electron chi connectivity index (χ2n) is 5.20. The summed E-state index contributed by atoms with van der Waals surface area (Å²) in [6.07, 6.45) is 4.01. The lowest BCUT2D eigenvalue weighted by Gasteiger charge is -2.33. The summed E-state index contributed by atoms with van der Waals surface area (Å²) in [6.45, 7) is 0.942. The van der Waals surface area contributed by atoms with Gasteiger partial charge in [-0.1, -0.05) is 12.1 Å². The zero-order chi connectivity index (χ0) is 14.2. The number of para-hydroxylation sites is 2. The Morgan fingerprint density at radius 2 is 2.24 bits per heavy atom. The molecule has 5 nitrogen and oxygen atoms in total. The minimum Gasteiger partial charge on any atom is -0.423 e. The van der Waals surface area contributed by atoms with E-state index in [-0.39, 0.29) is 6.04 Å². The van der Waals surface area contributed by atoms with E-state index in [4.69, 9.17) is 4.42 Å². The molecular formula is C15H16N4OS. The smallest absolute Gasteiger partial charge is 0.298 e. The minimum atomic E-state index is 0.269. The lowest BCUT2D eigenvalue weighted by Crippen LogP contribution is -2.36. The molecule has 1 fully saturated rings. The molecule has 1 unspecified atom stereocenters. The van der Waals surface area contributed by atoms with Gasteiger partial charge in [-0.15, -0.1) is 0 Å². The Hall–Kier alpha value is -1.95. The Balaban J connectivity index is 1.73. The number of aryl methyl sites for hydroxylation is 1. The monoisotopic (exact) mass is 300 g/mol. The summed E-state index contributed by atoms with van der Waals surface area (Å²) >= 11 is 1.96. The largest absolute Gasteiger partial charge is 0.423 e. The number of fused-ring (bicyclic) bond motifs is 1. The molecule has 1 aliphatic heterocycles. The van der Waals surface area contributed by atoms with E-state index in [0.29, 0.717) is 6.01 Å². The standard InChI is InChI=1S/C15H16N4OS/c1-18-9-11(8-16-18)13-10-21-7-6-19(13)15-17-12-4-2-3-5-14(12)20-15/h2-5,8-9,13H,6-7,10H2,1H3. The van der Waals surface area contributed by atoms with Crippen molar-refractivity contribution in [3.8, 4) is 0 Å². The molecule has 21 heavy (non-hydrogen) atoms. The third-order valence-electron chi connectivity index (χ3n) is 3.77. The topological polar surface area (TPSA) is 47.1 Å². The average Bonchev–Trinajstić information content (AvgIpc) is 3.13. The average molecular weight is 300 g/mol. The van der Waals surface area contributed by atoms with Crippen LogP contribution in [-0.4, -0.2) is 32.8 Å². The SMILES string of the molecule is Cn1cc(C2CSCCN2c2nc3ccccc3o2)cn1. The maximum atomic E-state index is 5.94. The highest BCUT2D eigenvalue weighted by molar-refractivity contribution is 7.99. The van der Waals surface area contributed by atoms with Crippen molar-refractivity contribution in [1.29, 1.82) is 0 Å². The predicted octanol–water partition coefficient (Wildman–Crippen LogP) is 2.86. The maximum absolute atomic E-state index is 5.94. The van der Waals surface area contributed by atoms with Crippen LogP contribution in [0.25, 0.3) is 11.1 Å². The Morgan fingerprint density at radius 1 is 1.33 bits per heavy atom. The molecule has 0 spiro atoms. The number of benzene rings is 1. The molecule has 0 N–H and O–H groups in total. The van der Waals surface area contributed by atoms with Crippen molar-refractivity contribution in [3.63, 3.8) is 0 Å². The van der Waals surface area contributed by atoms with Crippen molar-refractivity contribution in [1.82, 2.24) is 14.8 Å². The predicted molar refractivity (Wildman–Crippen MR) is 84.6 cm³/mol. The summed E-state index contributed by atoms with van der Waals surface area (Å²) in [5.41, 5.74) is 2.97.